The van der Waals surface area contributed by atoms with E-state index in [2.05, 4.69) is 4.98 Å². The molecule has 0 unspecified atom stereocenters. The van der Waals surface area contributed by atoms with Crippen molar-refractivity contribution in [2.75, 3.05) is 0 Å². The van der Waals surface area contributed by atoms with Crippen LogP contribution >= 0.6 is 23.2 Å². The number of carbonyl (C=O) groups excluding carboxylic acids is 1. The third-order valence-electron chi connectivity index (χ3n) is 3.18. The molecule has 3 aromatic rings. The Hall–Kier alpha value is -2.37. The molecule has 2 aromatic carbocycles. The number of nitrogens with zero attached hydrogens (tertiary/aromatic N) is 1. The van der Waals surface area contributed by atoms with Gasteiger partial charge in [-0.15, -0.1) is 0 Å². The number of oxazole rings is 1. The summed E-state index contributed by atoms with van der Waals surface area (Å²) in [6, 6.07) is 9.29. The molecule has 0 amide bonds. The molecule has 0 aliphatic heterocycles. The number of fused-ring (bicyclic) bond motifs is 1. The molecule has 0 aliphatic rings. The van der Waals surface area contributed by atoms with Gasteiger partial charge in [0, 0.05) is 5.56 Å². The average molecular weight is 350 g/mol. The van der Waals surface area contributed by atoms with Crippen molar-refractivity contribution in [1.29, 1.82) is 0 Å². The van der Waals surface area contributed by atoms with Crippen molar-refractivity contribution in [2.45, 2.75) is 6.42 Å². The largest absolute Gasteiger partial charge is 0.481 e. The SMILES string of the molecule is O=C(O)Cc1ccc2nc(C(=O)c3ccc(Cl)c(Cl)c3)oc2c1. The highest BCUT2D eigenvalue weighted by atomic mass is 35.5. The fourth-order valence-corrected chi connectivity index (χ4v) is 2.41. The van der Waals surface area contributed by atoms with E-state index in [1.807, 2.05) is 0 Å². The first-order valence-electron chi connectivity index (χ1n) is 6.55. The minimum atomic E-state index is -0.948. The second-order valence-corrected chi connectivity index (χ2v) is 5.66. The molecule has 1 heterocycles. The molecule has 0 fully saturated rings. The highest BCUT2D eigenvalue weighted by Crippen LogP contribution is 2.25. The fourth-order valence-electron chi connectivity index (χ4n) is 2.11. The molecule has 0 spiro atoms. The molecule has 0 aliphatic carbocycles. The van der Waals surface area contributed by atoms with Crippen LogP contribution < -0.4 is 0 Å². The Kier molecular flexibility index (Phi) is 4.07. The molecule has 5 nitrogen and oxygen atoms in total. The third kappa shape index (κ3) is 3.21. The number of carboxylic acids is 1. The number of carbonyl (C=O) groups is 2. The van der Waals surface area contributed by atoms with Gasteiger partial charge in [-0.05, 0) is 35.9 Å². The van der Waals surface area contributed by atoms with Crippen molar-refractivity contribution in [3.8, 4) is 0 Å². The van der Waals surface area contributed by atoms with E-state index >= 15 is 0 Å². The van der Waals surface area contributed by atoms with Gasteiger partial charge >= 0.3 is 5.97 Å². The predicted octanol–water partition coefficient (Wildman–Crippen LogP) is 3.99. The number of rotatable bonds is 4. The Bertz CT molecular complexity index is 933. The molecule has 0 saturated heterocycles. The van der Waals surface area contributed by atoms with Gasteiger partial charge in [0.25, 0.3) is 5.89 Å². The fraction of sp³-hybridized carbons (Fsp3) is 0.0625. The second-order valence-electron chi connectivity index (χ2n) is 4.85. The van der Waals surface area contributed by atoms with E-state index in [9.17, 15) is 9.59 Å². The molecule has 0 saturated carbocycles. The van der Waals surface area contributed by atoms with Gasteiger partial charge in [0.1, 0.15) is 5.52 Å². The molecular weight excluding hydrogens is 341 g/mol. The standard InChI is InChI=1S/C16H9Cl2NO4/c17-10-3-2-9(7-11(10)18)15(22)16-19-12-4-1-8(6-14(20)21)5-13(12)23-16/h1-5,7H,6H2,(H,20,21). The number of hydrogen-bond acceptors (Lipinski definition) is 4. The van der Waals surface area contributed by atoms with E-state index in [1.165, 1.54) is 18.2 Å². The molecule has 116 valence electrons. The Balaban J connectivity index is 1.97. The molecule has 1 N–H and O–H groups in total. The van der Waals surface area contributed by atoms with Gasteiger partial charge in [-0.1, -0.05) is 29.3 Å². The van der Waals surface area contributed by atoms with Crippen molar-refractivity contribution in [2.24, 2.45) is 0 Å². The maximum absolute atomic E-state index is 12.4. The zero-order valence-corrected chi connectivity index (χ0v) is 13.1. The minimum Gasteiger partial charge on any atom is -0.481 e. The predicted molar refractivity (Wildman–Crippen MR) is 85.2 cm³/mol. The Morgan fingerprint density at radius 1 is 1.09 bits per heavy atom. The molecule has 0 atom stereocenters. The van der Waals surface area contributed by atoms with Crippen molar-refractivity contribution in [1.82, 2.24) is 4.98 Å². The van der Waals surface area contributed by atoms with Gasteiger partial charge in [-0.25, -0.2) is 4.98 Å². The summed E-state index contributed by atoms with van der Waals surface area (Å²) in [6.45, 7) is 0. The van der Waals surface area contributed by atoms with Gasteiger partial charge in [-0.2, -0.15) is 0 Å². The van der Waals surface area contributed by atoms with Crippen LogP contribution in [0.25, 0.3) is 11.1 Å². The average Bonchev–Trinajstić information content (AvgIpc) is 2.92. The highest BCUT2D eigenvalue weighted by molar-refractivity contribution is 6.42. The normalized spacial score (nSPS) is 10.9. The lowest BCUT2D eigenvalue weighted by Gasteiger charge is -1.99. The number of ketones is 1. The molecule has 23 heavy (non-hydrogen) atoms. The summed E-state index contributed by atoms with van der Waals surface area (Å²) in [5, 5.41) is 9.41. The van der Waals surface area contributed by atoms with Crippen LogP contribution in [0.4, 0.5) is 0 Å². The minimum absolute atomic E-state index is 0.0918. The van der Waals surface area contributed by atoms with E-state index < -0.39 is 11.8 Å². The molecule has 1 aromatic heterocycles. The summed E-state index contributed by atoms with van der Waals surface area (Å²) in [6.07, 6.45) is -0.132. The van der Waals surface area contributed by atoms with E-state index in [1.54, 1.807) is 18.2 Å². The van der Waals surface area contributed by atoms with E-state index in [0.717, 1.165) is 0 Å². The molecule has 7 heteroatoms. The van der Waals surface area contributed by atoms with Gasteiger partial charge < -0.3 is 9.52 Å². The van der Waals surface area contributed by atoms with Crippen molar-refractivity contribution in [3.05, 3.63) is 63.5 Å². The summed E-state index contributed by atoms with van der Waals surface area (Å²) in [5.41, 5.74) is 1.70. The Morgan fingerprint density at radius 2 is 1.87 bits per heavy atom. The van der Waals surface area contributed by atoms with Gasteiger partial charge in [0.15, 0.2) is 5.58 Å². The zero-order chi connectivity index (χ0) is 16.6. The van der Waals surface area contributed by atoms with Crippen LogP contribution in [0.1, 0.15) is 21.8 Å². The number of benzene rings is 2. The van der Waals surface area contributed by atoms with Crippen LogP contribution in [0.15, 0.2) is 40.8 Å². The topological polar surface area (TPSA) is 80.4 Å². The Morgan fingerprint density at radius 3 is 2.57 bits per heavy atom. The number of halogens is 2. The lowest BCUT2D eigenvalue weighted by atomic mass is 10.1. The highest BCUT2D eigenvalue weighted by Gasteiger charge is 2.18. The zero-order valence-electron chi connectivity index (χ0n) is 11.5. The number of aliphatic carboxylic acids is 1. The molecular formula is C16H9Cl2NO4. The first-order valence-corrected chi connectivity index (χ1v) is 7.30. The first-order chi connectivity index (χ1) is 10.9. The van der Waals surface area contributed by atoms with E-state index in [4.69, 9.17) is 32.7 Å². The maximum atomic E-state index is 12.4. The number of hydrogen-bond donors (Lipinski definition) is 1. The second kappa shape index (κ2) is 6.02. The smallest absolute Gasteiger partial charge is 0.307 e. The lowest BCUT2D eigenvalue weighted by Crippen LogP contribution is -2.01. The number of carboxylic acid groups (broad SMARTS) is 1. The third-order valence-corrected chi connectivity index (χ3v) is 3.92. The summed E-state index contributed by atoms with van der Waals surface area (Å²) < 4.78 is 5.45. The summed E-state index contributed by atoms with van der Waals surface area (Å²) in [4.78, 5) is 27.3. The first kappa shape index (κ1) is 15.5. The lowest BCUT2D eigenvalue weighted by molar-refractivity contribution is -0.136. The monoisotopic (exact) mass is 349 g/mol. The van der Waals surface area contributed by atoms with Crippen molar-refractivity contribution < 1.29 is 19.1 Å². The molecule has 3 rings (SSSR count). The van der Waals surface area contributed by atoms with Crippen LogP contribution in [0.5, 0.6) is 0 Å². The van der Waals surface area contributed by atoms with Crippen LogP contribution in [0, 0.1) is 0 Å². The van der Waals surface area contributed by atoms with E-state index in [-0.39, 0.29) is 17.3 Å². The van der Waals surface area contributed by atoms with Crippen LogP contribution in [-0.4, -0.2) is 21.8 Å². The van der Waals surface area contributed by atoms with Crippen LogP contribution in [0.2, 0.25) is 10.0 Å². The van der Waals surface area contributed by atoms with Crippen LogP contribution in [0.3, 0.4) is 0 Å². The summed E-state index contributed by atoms with van der Waals surface area (Å²) in [5.74, 6) is -1.47. The van der Waals surface area contributed by atoms with Crippen molar-refractivity contribution >= 4 is 46.1 Å². The van der Waals surface area contributed by atoms with Gasteiger partial charge in [-0.3, -0.25) is 9.59 Å². The summed E-state index contributed by atoms with van der Waals surface area (Å²) >= 11 is 11.7. The Labute approximate surface area is 140 Å². The van der Waals surface area contributed by atoms with E-state index in [0.29, 0.717) is 27.2 Å². The van der Waals surface area contributed by atoms with Gasteiger partial charge in [0.05, 0.1) is 16.5 Å². The number of aromatic nitrogens is 1. The molecule has 0 bridgehead atoms. The van der Waals surface area contributed by atoms with Gasteiger partial charge in [0.2, 0.25) is 5.78 Å². The quantitative estimate of drug-likeness (QED) is 0.720. The molecule has 0 radical (unpaired) electrons. The van der Waals surface area contributed by atoms with Crippen LogP contribution in [-0.2, 0) is 11.2 Å². The summed E-state index contributed by atoms with van der Waals surface area (Å²) in [7, 11) is 0. The maximum Gasteiger partial charge on any atom is 0.307 e. The van der Waals surface area contributed by atoms with Crippen molar-refractivity contribution in [3.63, 3.8) is 0 Å².